The molecule has 0 radical (unpaired) electrons. The van der Waals surface area contributed by atoms with E-state index in [0.717, 1.165) is 15.7 Å². The Bertz CT molecular complexity index is 442. The molecule has 0 bridgehead atoms. The first-order valence-corrected chi connectivity index (χ1v) is 7.40. The number of anilines is 1. The second kappa shape index (κ2) is 5.92. The van der Waals surface area contributed by atoms with Crippen molar-refractivity contribution in [3.8, 4) is 0 Å². The molecule has 1 aliphatic rings. The van der Waals surface area contributed by atoms with Crippen molar-refractivity contribution in [2.45, 2.75) is 24.9 Å². The van der Waals surface area contributed by atoms with E-state index in [9.17, 15) is 13.2 Å². The predicted octanol–water partition coefficient (Wildman–Crippen LogP) is 4.97. The zero-order chi connectivity index (χ0) is 14.0. The summed E-state index contributed by atoms with van der Waals surface area (Å²) >= 11 is 9.27. The molecule has 106 valence electrons. The molecule has 2 rings (SSSR count). The summed E-state index contributed by atoms with van der Waals surface area (Å²) in [4.78, 5) is 1.99. The van der Waals surface area contributed by atoms with Crippen LogP contribution < -0.4 is 4.90 Å². The molecule has 19 heavy (non-hydrogen) atoms. The molecule has 0 unspecified atom stereocenters. The van der Waals surface area contributed by atoms with Crippen LogP contribution in [0, 0.1) is 5.92 Å². The number of hydrogen-bond acceptors (Lipinski definition) is 1. The van der Waals surface area contributed by atoms with Gasteiger partial charge >= 0.3 is 6.18 Å². The minimum absolute atomic E-state index is 0.154. The van der Waals surface area contributed by atoms with Crippen LogP contribution in [0.5, 0.6) is 0 Å². The maximum absolute atomic E-state index is 12.6. The molecule has 1 nitrogen and oxygen atoms in total. The van der Waals surface area contributed by atoms with Gasteiger partial charge in [-0.15, -0.1) is 11.6 Å². The molecule has 1 aliphatic heterocycles. The van der Waals surface area contributed by atoms with Crippen molar-refractivity contribution in [3.63, 3.8) is 0 Å². The summed E-state index contributed by atoms with van der Waals surface area (Å²) < 4.78 is 38.8. The molecule has 0 atom stereocenters. The first-order valence-electron chi connectivity index (χ1n) is 6.08. The Morgan fingerprint density at radius 2 is 1.89 bits per heavy atom. The monoisotopic (exact) mass is 355 g/mol. The van der Waals surface area contributed by atoms with E-state index in [1.165, 1.54) is 0 Å². The molecule has 0 saturated carbocycles. The Kier molecular flexibility index (Phi) is 4.66. The van der Waals surface area contributed by atoms with Gasteiger partial charge in [0.15, 0.2) is 0 Å². The molecule has 1 aromatic carbocycles. The van der Waals surface area contributed by atoms with Crippen LogP contribution in [0.25, 0.3) is 0 Å². The average molecular weight is 357 g/mol. The minimum atomic E-state index is -4.07. The molecule has 0 N–H and O–H groups in total. The molecule has 0 amide bonds. The number of alkyl halides is 4. The molecule has 0 aromatic heterocycles. The highest BCUT2D eigenvalue weighted by Gasteiger charge is 2.41. The van der Waals surface area contributed by atoms with E-state index in [0.29, 0.717) is 19.0 Å². The van der Waals surface area contributed by atoms with Crippen LogP contribution >= 0.6 is 27.5 Å². The topological polar surface area (TPSA) is 3.24 Å². The number of benzene rings is 1. The summed E-state index contributed by atoms with van der Waals surface area (Å²) in [5.41, 5.74) is 1.89. The van der Waals surface area contributed by atoms with E-state index in [1.807, 2.05) is 23.1 Å². The molecular weight excluding hydrogens is 343 g/mol. The summed E-state index contributed by atoms with van der Waals surface area (Å²) in [7, 11) is 0. The van der Waals surface area contributed by atoms with E-state index in [-0.39, 0.29) is 12.8 Å². The fraction of sp³-hybridized carbons (Fsp3) is 0.538. The normalized spacial score (nSPS) is 17.8. The van der Waals surface area contributed by atoms with Gasteiger partial charge in [0.1, 0.15) is 0 Å². The van der Waals surface area contributed by atoms with Crippen LogP contribution in [-0.2, 0) is 5.88 Å². The largest absolute Gasteiger partial charge is 0.391 e. The highest BCUT2D eigenvalue weighted by molar-refractivity contribution is 9.10. The van der Waals surface area contributed by atoms with Crippen molar-refractivity contribution in [2.24, 2.45) is 5.92 Å². The lowest BCUT2D eigenvalue weighted by Crippen LogP contribution is -2.39. The van der Waals surface area contributed by atoms with Gasteiger partial charge in [-0.1, -0.05) is 15.9 Å². The van der Waals surface area contributed by atoms with E-state index >= 15 is 0 Å². The van der Waals surface area contributed by atoms with E-state index in [1.54, 1.807) is 0 Å². The highest BCUT2D eigenvalue weighted by atomic mass is 79.9. The predicted molar refractivity (Wildman–Crippen MR) is 74.7 cm³/mol. The van der Waals surface area contributed by atoms with Gasteiger partial charge in [0.05, 0.1) is 5.92 Å². The van der Waals surface area contributed by atoms with Crippen LogP contribution in [0.2, 0.25) is 0 Å². The second-order valence-corrected chi connectivity index (χ2v) is 5.89. The van der Waals surface area contributed by atoms with Gasteiger partial charge < -0.3 is 4.90 Å². The Labute approximate surface area is 123 Å². The van der Waals surface area contributed by atoms with E-state index in [4.69, 9.17) is 11.6 Å². The smallest absolute Gasteiger partial charge is 0.371 e. The number of piperidine rings is 1. The number of rotatable bonds is 2. The van der Waals surface area contributed by atoms with Crippen LogP contribution in [0.4, 0.5) is 18.9 Å². The minimum Gasteiger partial charge on any atom is -0.371 e. The van der Waals surface area contributed by atoms with Gasteiger partial charge in [0.25, 0.3) is 0 Å². The van der Waals surface area contributed by atoms with Gasteiger partial charge in [-0.3, -0.25) is 0 Å². The van der Waals surface area contributed by atoms with Crippen molar-refractivity contribution in [3.05, 3.63) is 28.2 Å². The van der Waals surface area contributed by atoms with Crippen molar-refractivity contribution in [1.82, 2.24) is 0 Å². The summed E-state index contributed by atoms with van der Waals surface area (Å²) in [6.45, 7) is 0.853. The number of nitrogens with zero attached hydrogens (tertiary/aromatic N) is 1. The highest BCUT2D eigenvalue weighted by Crippen LogP contribution is 2.36. The summed E-state index contributed by atoms with van der Waals surface area (Å²) in [6.07, 6.45) is -3.76. The lowest BCUT2D eigenvalue weighted by molar-refractivity contribution is -0.179. The molecule has 1 fully saturated rings. The lowest BCUT2D eigenvalue weighted by Gasteiger charge is -2.35. The third-order valence-electron chi connectivity index (χ3n) is 3.48. The quantitative estimate of drug-likeness (QED) is 0.677. The number of halogens is 5. The molecular formula is C13H14BrClF3N. The maximum atomic E-state index is 12.6. The molecule has 1 heterocycles. The molecule has 0 aliphatic carbocycles. The first-order chi connectivity index (χ1) is 8.91. The van der Waals surface area contributed by atoms with Crippen LogP contribution in [0.15, 0.2) is 22.7 Å². The summed E-state index contributed by atoms with van der Waals surface area (Å²) in [5.74, 6) is -0.813. The van der Waals surface area contributed by atoms with Crippen molar-refractivity contribution in [1.29, 1.82) is 0 Å². The first kappa shape index (κ1) is 15.0. The fourth-order valence-electron chi connectivity index (χ4n) is 2.42. The zero-order valence-corrected chi connectivity index (χ0v) is 12.5. The second-order valence-electron chi connectivity index (χ2n) is 4.71. The third-order valence-corrected chi connectivity index (χ3v) is 4.27. The van der Waals surface area contributed by atoms with Gasteiger partial charge in [0, 0.05) is 29.1 Å². The lowest BCUT2D eigenvalue weighted by atomic mass is 9.95. The van der Waals surface area contributed by atoms with Gasteiger partial charge in [-0.25, -0.2) is 0 Å². The Balaban J connectivity index is 2.10. The molecule has 1 saturated heterocycles. The maximum Gasteiger partial charge on any atom is 0.391 e. The third kappa shape index (κ3) is 3.57. The standard InChI is InChI=1S/C13H14BrClF3N/c14-11-1-2-12(9(7-11)8-15)19-5-3-10(4-6-19)13(16,17)18/h1-2,7,10H,3-6,8H2. The molecule has 6 heteroatoms. The van der Waals surface area contributed by atoms with Crippen LogP contribution in [0.3, 0.4) is 0 Å². The van der Waals surface area contributed by atoms with Gasteiger partial charge in [-0.2, -0.15) is 13.2 Å². The van der Waals surface area contributed by atoms with Crippen molar-refractivity contribution < 1.29 is 13.2 Å². The van der Waals surface area contributed by atoms with Crippen molar-refractivity contribution >= 4 is 33.2 Å². The van der Waals surface area contributed by atoms with E-state index in [2.05, 4.69) is 15.9 Å². The average Bonchev–Trinajstić information content (AvgIpc) is 2.37. The van der Waals surface area contributed by atoms with Crippen LogP contribution in [-0.4, -0.2) is 19.3 Å². The van der Waals surface area contributed by atoms with Gasteiger partial charge in [0.2, 0.25) is 0 Å². The SMILES string of the molecule is FC(F)(F)C1CCN(c2ccc(Br)cc2CCl)CC1. The summed E-state index contributed by atoms with van der Waals surface area (Å²) in [5, 5.41) is 0. The molecule has 1 aromatic rings. The Morgan fingerprint density at radius 3 is 2.42 bits per heavy atom. The van der Waals surface area contributed by atoms with Crippen molar-refractivity contribution in [2.75, 3.05) is 18.0 Å². The van der Waals surface area contributed by atoms with E-state index < -0.39 is 12.1 Å². The van der Waals surface area contributed by atoms with Crippen LogP contribution in [0.1, 0.15) is 18.4 Å². The molecule has 0 spiro atoms. The van der Waals surface area contributed by atoms with Gasteiger partial charge in [-0.05, 0) is 36.6 Å². The Hall–Kier alpha value is -0.420. The summed E-state index contributed by atoms with van der Waals surface area (Å²) in [6, 6.07) is 5.72. The Morgan fingerprint density at radius 1 is 1.26 bits per heavy atom. The number of hydrogen-bond donors (Lipinski definition) is 0. The zero-order valence-electron chi connectivity index (χ0n) is 10.2. The fourth-order valence-corrected chi connectivity index (χ4v) is 3.04.